The number of nitrogens with two attached hydrogens (primary N) is 1. The summed E-state index contributed by atoms with van der Waals surface area (Å²) in [5.41, 5.74) is 8.64. The van der Waals surface area contributed by atoms with Crippen LogP contribution in [0.3, 0.4) is 0 Å². The lowest BCUT2D eigenvalue weighted by Gasteiger charge is -2.40. The summed E-state index contributed by atoms with van der Waals surface area (Å²) in [6.07, 6.45) is 3.33. The maximum Gasteiger partial charge on any atom is 0.0723 e. The van der Waals surface area contributed by atoms with Crippen molar-refractivity contribution < 1.29 is 4.74 Å². The normalized spacial score (nSPS) is 24.1. The Morgan fingerprint density at radius 3 is 2.81 bits per heavy atom. The number of nitrogens with zero attached hydrogens (tertiary/aromatic N) is 1. The van der Waals surface area contributed by atoms with E-state index in [1.54, 1.807) is 0 Å². The molecule has 1 aliphatic rings. The molecule has 0 aliphatic carbocycles. The molecule has 4 heteroatoms. The van der Waals surface area contributed by atoms with Gasteiger partial charge in [-0.15, -0.1) is 0 Å². The van der Waals surface area contributed by atoms with Gasteiger partial charge in [-0.2, -0.15) is 0 Å². The quantitative estimate of drug-likeness (QED) is 0.875. The van der Waals surface area contributed by atoms with E-state index in [0.29, 0.717) is 12.1 Å². The van der Waals surface area contributed by atoms with E-state index in [9.17, 15) is 0 Å². The molecule has 2 rings (SSSR count). The Hall–Kier alpha value is -0.580. The lowest BCUT2D eigenvalue weighted by atomic mass is 10.0. The van der Waals surface area contributed by atoms with Crippen molar-refractivity contribution in [3.63, 3.8) is 0 Å². The Balaban J connectivity index is 2.17. The molecule has 0 radical (unpaired) electrons. The van der Waals surface area contributed by atoms with Crippen LogP contribution >= 0.6 is 15.9 Å². The molecule has 1 fully saturated rings. The zero-order valence-corrected chi connectivity index (χ0v) is 14.9. The third kappa shape index (κ3) is 4.21. The first-order chi connectivity index (χ1) is 10.0. The zero-order valence-electron chi connectivity index (χ0n) is 13.3. The van der Waals surface area contributed by atoms with Gasteiger partial charge in [0.2, 0.25) is 0 Å². The lowest BCUT2D eigenvalue weighted by molar-refractivity contribution is 0.0299. The van der Waals surface area contributed by atoms with Gasteiger partial charge in [-0.05, 0) is 43.9 Å². The monoisotopic (exact) mass is 354 g/mol. The second kappa shape index (κ2) is 7.61. The first-order valence-electron chi connectivity index (χ1n) is 7.97. The number of halogens is 1. The van der Waals surface area contributed by atoms with Crippen molar-refractivity contribution in [2.45, 2.75) is 58.2 Å². The van der Waals surface area contributed by atoms with Crippen LogP contribution in [0.1, 0.15) is 39.2 Å². The fraction of sp³-hybridized carbons (Fsp3) is 0.647. The predicted octanol–water partition coefficient (Wildman–Crippen LogP) is 3.73. The second-order valence-electron chi connectivity index (χ2n) is 6.01. The summed E-state index contributed by atoms with van der Waals surface area (Å²) in [5, 5.41) is 0. The average Bonchev–Trinajstić information content (AvgIpc) is 2.49. The molecule has 1 saturated heterocycles. The fourth-order valence-electron chi connectivity index (χ4n) is 2.81. The number of hydrogen-bond acceptors (Lipinski definition) is 3. The first-order valence-corrected chi connectivity index (χ1v) is 8.76. The summed E-state index contributed by atoms with van der Waals surface area (Å²) < 4.78 is 6.95. The summed E-state index contributed by atoms with van der Waals surface area (Å²) in [6.45, 7) is 8.27. The number of morpholine rings is 1. The van der Waals surface area contributed by atoms with Crippen LogP contribution in [0.25, 0.3) is 0 Å². The van der Waals surface area contributed by atoms with Crippen LogP contribution in [0, 0.1) is 0 Å². The predicted molar refractivity (Wildman–Crippen MR) is 93.0 cm³/mol. The molecule has 0 saturated carbocycles. The standard InChI is InChI=1S/C17H27BrN2O/c1-4-14(19)8-13-6-7-16(9-17(13)18)20-10-12(3)21-11-15(20)5-2/h6-7,9,12,14-15H,4-5,8,10-11,19H2,1-3H3. The highest BCUT2D eigenvalue weighted by Gasteiger charge is 2.26. The summed E-state index contributed by atoms with van der Waals surface area (Å²) in [4.78, 5) is 2.47. The summed E-state index contributed by atoms with van der Waals surface area (Å²) in [6, 6.07) is 7.37. The third-order valence-electron chi connectivity index (χ3n) is 4.31. The minimum absolute atomic E-state index is 0.235. The van der Waals surface area contributed by atoms with Crippen LogP contribution in [0.15, 0.2) is 22.7 Å². The summed E-state index contributed by atoms with van der Waals surface area (Å²) in [7, 11) is 0. The van der Waals surface area contributed by atoms with Gasteiger partial charge in [0, 0.05) is 22.7 Å². The van der Waals surface area contributed by atoms with E-state index in [4.69, 9.17) is 10.5 Å². The number of anilines is 1. The van der Waals surface area contributed by atoms with Crippen LogP contribution in [-0.2, 0) is 11.2 Å². The third-order valence-corrected chi connectivity index (χ3v) is 5.05. The fourth-order valence-corrected chi connectivity index (χ4v) is 3.33. The van der Waals surface area contributed by atoms with E-state index in [-0.39, 0.29) is 6.04 Å². The van der Waals surface area contributed by atoms with Crippen molar-refractivity contribution in [3.8, 4) is 0 Å². The lowest BCUT2D eigenvalue weighted by Crippen LogP contribution is -2.48. The molecule has 3 nitrogen and oxygen atoms in total. The van der Waals surface area contributed by atoms with E-state index < -0.39 is 0 Å². The van der Waals surface area contributed by atoms with Gasteiger partial charge >= 0.3 is 0 Å². The molecular formula is C17H27BrN2O. The Morgan fingerprint density at radius 2 is 2.19 bits per heavy atom. The van der Waals surface area contributed by atoms with E-state index in [1.165, 1.54) is 11.3 Å². The molecule has 118 valence electrons. The summed E-state index contributed by atoms with van der Waals surface area (Å²) >= 11 is 3.71. The van der Waals surface area contributed by atoms with Gasteiger partial charge in [-0.25, -0.2) is 0 Å². The maximum absolute atomic E-state index is 6.07. The molecule has 0 aromatic heterocycles. The summed E-state index contributed by atoms with van der Waals surface area (Å²) in [5.74, 6) is 0. The molecule has 0 bridgehead atoms. The van der Waals surface area contributed by atoms with Crippen molar-refractivity contribution in [2.75, 3.05) is 18.1 Å². The SMILES string of the molecule is CCC(N)Cc1ccc(N2CC(C)OCC2CC)cc1Br. The van der Waals surface area contributed by atoms with Gasteiger partial charge in [-0.1, -0.05) is 35.8 Å². The topological polar surface area (TPSA) is 38.5 Å². The van der Waals surface area contributed by atoms with Crippen molar-refractivity contribution in [1.82, 2.24) is 0 Å². The molecule has 1 aliphatic heterocycles. The van der Waals surface area contributed by atoms with Gasteiger partial charge in [-0.3, -0.25) is 0 Å². The van der Waals surface area contributed by atoms with Crippen LogP contribution in [0.4, 0.5) is 5.69 Å². The van der Waals surface area contributed by atoms with Crippen molar-refractivity contribution in [3.05, 3.63) is 28.2 Å². The number of hydrogen-bond donors (Lipinski definition) is 1. The Labute approximate surface area is 137 Å². The molecule has 0 amide bonds. The minimum Gasteiger partial charge on any atom is -0.375 e. The number of ether oxygens (including phenoxy) is 1. The van der Waals surface area contributed by atoms with E-state index in [2.05, 4.69) is 59.8 Å². The number of benzene rings is 1. The largest absolute Gasteiger partial charge is 0.375 e. The highest BCUT2D eigenvalue weighted by Crippen LogP contribution is 2.29. The smallest absolute Gasteiger partial charge is 0.0723 e. The van der Waals surface area contributed by atoms with Gasteiger partial charge in [0.15, 0.2) is 0 Å². The van der Waals surface area contributed by atoms with Gasteiger partial charge in [0.25, 0.3) is 0 Å². The van der Waals surface area contributed by atoms with Crippen LogP contribution < -0.4 is 10.6 Å². The van der Waals surface area contributed by atoms with Crippen molar-refractivity contribution in [2.24, 2.45) is 5.73 Å². The van der Waals surface area contributed by atoms with Crippen LogP contribution in [0.2, 0.25) is 0 Å². The van der Waals surface area contributed by atoms with Gasteiger partial charge in [0.05, 0.1) is 18.8 Å². The molecule has 1 aromatic carbocycles. The molecule has 3 atom stereocenters. The minimum atomic E-state index is 0.235. The zero-order chi connectivity index (χ0) is 15.4. The molecule has 3 unspecified atom stereocenters. The molecule has 1 aromatic rings. The molecule has 0 spiro atoms. The van der Waals surface area contributed by atoms with E-state index in [1.807, 2.05) is 0 Å². The van der Waals surface area contributed by atoms with Gasteiger partial charge in [0.1, 0.15) is 0 Å². The highest BCUT2D eigenvalue weighted by atomic mass is 79.9. The molecular weight excluding hydrogens is 328 g/mol. The number of rotatable bonds is 5. The molecule has 2 N–H and O–H groups in total. The maximum atomic E-state index is 6.07. The van der Waals surface area contributed by atoms with Crippen molar-refractivity contribution in [1.29, 1.82) is 0 Å². The average molecular weight is 355 g/mol. The molecule has 1 heterocycles. The molecule has 21 heavy (non-hydrogen) atoms. The second-order valence-corrected chi connectivity index (χ2v) is 6.86. The van der Waals surface area contributed by atoms with Crippen LogP contribution in [0.5, 0.6) is 0 Å². The van der Waals surface area contributed by atoms with Gasteiger partial charge < -0.3 is 15.4 Å². The Bertz CT molecular complexity index is 466. The van der Waals surface area contributed by atoms with Crippen molar-refractivity contribution >= 4 is 21.6 Å². The van der Waals surface area contributed by atoms with E-state index >= 15 is 0 Å². The highest BCUT2D eigenvalue weighted by molar-refractivity contribution is 9.10. The Morgan fingerprint density at radius 1 is 1.43 bits per heavy atom. The first kappa shape index (κ1) is 16.8. The van der Waals surface area contributed by atoms with E-state index in [0.717, 1.165) is 36.9 Å². The van der Waals surface area contributed by atoms with Crippen LogP contribution in [-0.4, -0.2) is 31.3 Å². The Kier molecular flexibility index (Phi) is 6.08.